The first-order valence-corrected chi connectivity index (χ1v) is 12.7. The van der Waals surface area contributed by atoms with E-state index >= 15 is 0 Å². The van der Waals surface area contributed by atoms with Crippen molar-refractivity contribution in [1.29, 1.82) is 0 Å². The van der Waals surface area contributed by atoms with Gasteiger partial charge in [-0.3, -0.25) is 9.69 Å². The second-order valence-electron chi connectivity index (χ2n) is 8.77. The lowest BCUT2D eigenvalue weighted by Crippen LogP contribution is -2.49. The van der Waals surface area contributed by atoms with Gasteiger partial charge in [0.2, 0.25) is 4.96 Å². The molecule has 0 unspecified atom stereocenters. The zero-order chi connectivity index (χ0) is 25.9. The minimum absolute atomic E-state index is 0.168. The summed E-state index contributed by atoms with van der Waals surface area (Å²) in [4.78, 5) is 34.8. The van der Waals surface area contributed by atoms with Crippen LogP contribution in [0.3, 0.4) is 0 Å². The molecule has 0 radical (unpaired) electrons. The lowest BCUT2D eigenvalue weighted by molar-refractivity contribution is 0.142. The summed E-state index contributed by atoms with van der Waals surface area (Å²) < 4.78 is 11.9. The Morgan fingerprint density at radius 3 is 2.51 bits per heavy atom. The van der Waals surface area contributed by atoms with Gasteiger partial charge in [-0.05, 0) is 24.6 Å². The smallest absolute Gasteiger partial charge is 0.321 e. The summed E-state index contributed by atoms with van der Waals surface area (Å²) in [6.07, 6.45) is 0. The minimum Gasteiger partial charge on any atom is -0.493 e. The molecule has 1 N–H and O–H groups in total. The molecule has 2 amide bonds. The Labute approximate surface area is 218 Å². The first-order chi connectivity index (χ1) is 17.9. The van der Waals surface area contributed by atoms with E-state index in [1.54, 1.807) is 43.4 Å². The van der Waals surface area contributed by atoms with Crippen LogP contribution in [-0.2, 0) is 6.54 Å². The van der Waals surface area contributed by atoms with Gasteiger partial charge in [-0.25, -0.2) is 9.78 Å². The number of piperazine rings is 1. The normalized spacial score (nSPS) is 14.1. The molecule has 37 heavy (non-hydrogen) atoms. The number of methoxy groups -OCH3 is 2. The maximum atomic E-state index is 12.8. The molecule has 10 nitrogen and oxygen atoms in total. The molecule has 2 aromatic carbocycles. The molecule has 0 aliphatic carbocycles. The predicted octanol–water partition coefficient (Wildman–Crippen LogP) is 3.49. The Bertz CT molecular complexity index is 1490. The number of carbonyl (C=O) groups excluding carboxylic acids is 1. The fourth-order valence-electron chi connectivity index (χ4n) is 4.31. The number of amides is 2. The first kappa shape index (κ1) is 24.7. The third-order valence-corrected chi connectivity index (χ3v) is 7.30. The molecule has 3 heterocycles. The average Bonchev–Trinajstić information content (AvgIpc) is 3.34. The standard InChI is InChI=1S/C26H28N6O4S/c1-17-6-4-5-7-20(17)24-29-32-23(33)15-19(28-26(32)37-24)16-30-10-12-31(13-11-30)25(34)27-18-8-9-21(35-2)22(14-18)36-3/h4-9,14-15H,10-13,16H2,1-3H3,(H,27,34). The van der Waals surface area contributed by atoms with Gasteiger partial charge < -0.3 is 19.7 Å². The number of carbonyl (C=O) groups is 1. The lowest BCUT2D eigenvalue weighted by Gasteiger charge is -2.34. The van der Waals surface area contributed by atoms with Crippen LogP contribution in [0.5, 0.6) is 11.5 Å². The number of hydrogen-bond acceptors (Lipinski definition) is 8. The van der Waals surface area contributed by atoms with Gasteiger partial charge in [0.05, 0.1) is 19.9 Å². The molecule has 192 valence electrons. The molecule has 11 heteroatoms. The number of hydrogen-bond donors (Lipinski definition) is 1. The van der Waals surface area contributed by atoms with Crippen LogP contribution < -0.4 is 20.3 Å². The number of fused-ring (bicyclic) bond motifs is 1. The van der Waals surface area contributed by atoms with Crippen LogP contribution in [0.15, 0.2) is 53.3 Å². The highest BCUT2D eigenvalue weighted by atomic mass is 32.1. The molecular formula is C26H28N6O4S. The highest BCUT2D eigenvalue weighted by Gasteiger charge is 2.22. The van der Waals surface area contributed by atoms with Crippen LogP contribution in [0, 0.1) is 6.92 Å². The Morgan fingerprint density at radius 2 is 1.78 bits per heavy atom. The number of rotatable bonds is 6. The number of aromatic nitrogens is 3. The SMILES string of the molecule is COc1ccc(NC(=O)N2CCN(Cc3cc(=O)n4nc(-c5ccccc5C)sc4n3)CC2)cc1OC. The maximum Gasteiger partial charge on any atom is 0.321 e. The topological polar surface area (TPSA) is 101 Å². The van der Waals surface area contributed by atoms with E-state index in [4.69, 9.17) is 14.5 Å². The van der Waals surface area contributed by atoms with Gasteiger partial charge in [-0.15, -0.1) is 0 Å². The summed E-state index contributed by atoms with van der Waals surface area (Å²) in [5.74, 6) is 1.16. The molecule has 0 bridgehead atoms. The molecule has 0 spiro atoms. The van der Waals surface area contributed by atoms with Crippen LogP contribution >= 0.6 is 11.3 Å². The van der Waals surface area contributed by atoms with E-state index < -0.39 is 0 Å². The fraction of sp³-hybridized carbons (Fsp3) is 0.308. The average molecular weight is 521 g/mol. The zero-order valence-electron chi connectivity index (χ0n) is 20.9. The van der Waals surface area contributed by atoms with Crippen molar-refractivity contribution < 1.29 is 14.3 Å². The van der Waals surface area contributed by atoms with Gasteiger partial charge in [0.25, 0.3) is 5.56 Å². The van der Waals surface area contributed by atoms with E-state index in [0.29, 0.717) is 60.6 Å². The molecule has 5 rings (SSSR count). The van der Waals surface area contributed by atoms with E-state index in [2.05, 4.69) is 15.3 Å². The summed E-state index contributed by atoms with van der Waals surface area (Å²) in [6.45, 7) is 5.05. The van der Waals surface area contributed by atoms with Crippen LogP contribution in [0.1, 0.15) is 11.3 Å². The van der Waals surface area contributed by atoms with Crippen molar-refractivity contribution in [2.24, 2.45) is 0 Å². The van der Waals surface area contributed by atoms with Crippen molar-refractivity contribution in [3.63, 3.8) is 0 Å². The van der Waals surface area contributed by atoms with Gasteiger partial charge >= 0.3 is 6.03 Å². The van der Waals surface area contributed by atoms with Crippen LogP contribution in [0.4, 0.5) is 10.5 Å². The summed E-state index contributed by atoms with van der Waals surface area (Å²) in [5.41, 5.74) is 3.25. The van der Waals surface area contributed by atoms with E-state index in [9.17, 15) is 9.59 Å². The summed E-state index contributed by atoms with van der Waals surface area (Å²) >= 11 is 1.41. The van der Waals surface area contributed by atoms with Gasteiger partial charge in [0.15, 0.2) is 11.5 Å². The van der Waals surface area contributed by atoms with Crippen LogP contribution in [0.2, 0.25) is 0 Å². The van der Waals surface area contributed by atoms with Crippen molar-refractivity contribution >= 4 is 28.0 Å². The summed E-state index contributed by atoms with van der Waals surface area (Å²) in [5, 5.41) is 8.19. The Morgan fingerprint density at radius 1 is 1.03 bits per heavy atom. The highest BCUT2D eigenvalue weighted by Crippen LogP contribution is 2.30. The first-order valence-electron chi connectivity index (χ1n) is 11.9. The van der Waals surface area contributed by atoms with E-state index in [0.717, 1.165) is 16.1 Å². The minimum atomic E-state index is -0.191. The number of ether oxygens (including phenoxy) is 2. The second-order valence-corrected chi connectivity index (χ2v) is 9.72. The van der Waals surface area contributed by atoms with E-state index in [-0.39, 0.29) is 11.6 Å². The van der Waals surface area contributed by atoms with Gasteiger partial charge in [0.1, 0.15) is 5.01 Å². The number of benzene rings is 2. The maximum absolute atomic E-state index is 12.8. The van der Waals surface area contributed by atoms with Gasteiger partial charge in [0, 0.05) is 56.1 Å². The quantitative estimate of drug-likeness (QED) is 0.415. The van der Waals surface area contributed by atoms with Crippen LogP contribution in [0.25, 0.3) is 15.5 Å². The number of urea groups is 1. The summed E-state index contributed by atoms with van der Waals surface area (Å²) in [7, 11) is 3.13. The van der Waals surface area contributed by atoms with Crippen molar-refractivity contribution in [2.75, 3.05) is 45.7 Å². The largest absolute Gasteiger partial charge is 0.493 e. The van der Waals surface area contributed by atoms with Crippen molar-refractivity contribution in [1.82, 2.24) is 24.4 Å². The molecule has 2 aromatic heterocycles. The molecule has 1 aliphatic heterocycles. The molecule has 0 saturated carbocycles. The van der Waals surface area contributed by atoms with Crippen molar-refractivity contribution in [2.45, 2.75) is 13.5 Å². The third-order valence-electron chi connectivity index (χ3n) is 6.35. The predicted molar refractivity (Wildman–Crippen MR) is 143 cm³/mol. The van der Waals surface area contributed by atoms with Gasteiger partial charge in [-0.2, -0.15) is 9.61 Å². The molecule has 1 saturated heterocycles. The zero-order valence-corrected chi connectivity index (χ0v) is 21.7. The Hall–Kier alpha value is -3.96. The number of aryl methyl sites for hydroxylation is 1. The Balaban J connectivity index is 1.22. The molecular weight excluding hydrogens is 492 g/mol. The fourth-order valence-corrected chi connectivity index (χ4v) is 5.33. The molecule has 0 atom stereocenters. The third kappa shape index (κ3) is 5.27. The monoisotopic (exact) mass is 520 g/mol. The van der Waals surface area contributed by atoms with E-state index in [1.165, 1.54) is 15.9 Å². The summed E-state index contributed by atoms with van der Waals surface area (Å²) in [6, 6.07) is 14.6. The Kier molecular flexibility index (Phi) is 7.06. The van der Waals surface area contributed by atoms with Crippen molar-refractivity contribution in [3.8, 4) is 22.1 Å². The second kappa shape index (κ2) is 10.6. The lowest BCUT2D eigenvalue weighted by atomic mass is 10.1. The van der Waals surface area contributed by atoms with Gasteiger partial charge in [-0.1, -0.05) is 35.6 Å². The van der Waals surface area contributed by atoms with Crippen LogP contribution in [-0.4, -0.2) is 70.8 Å². The van der Waals surface area contributed by atoms with Crippen molar-refractivity contribution in [3.05, 3.63) is 70.1 Å². The number of nitrogens with one attached hydrogen (secondary N) is 1. The molecule has 1 fully saturated rings. The molecule has 1 aliphatic rings. The van der Waals surface area contributed by atoms with E-state index in [1.807, 2.05) is 31.2 Å². The number of anilines is 1. The highest BCUT2D eigenvalue weighted by molar-refractivity contribution is 7.19. The number of nitrogens with zero attached hydrogens (tertiary/aromatic N) is 5. The molecule has 4 aromatic rings.